The minimum Gasteiger partial charge on any atom is -0.493 e. The SMILES string of the molecule is CCC(C)COc1ccc(C2(c3ccc(OCC(C)CC)cc3)c3ccccc3-c3ccc(CO)cc32)cc1. The summed E-state index contributed by atoms with van der Waals surface area (Å²) in [5.74, 6) is 2.81. The molecule has 0 radical (unpaired) electrons. The van der Waals surface area contributed by atoms with E-state index in [0.29, 0.717) is 25.0 Å². The van der Waals surface area contributed by atoms with E-state index in [1.54, 1.807) is 0 Å². The zero-order valence-electron chi connectivity index (χ0n) is 23.6. The lowest BCUT2D eigenvalue weighted by atomic mass is 9.67. The highest BCUT2D eigenvalue weighted by Gasteiger charge is 2.46. The molecule has 2 atom stereocenters. The van der Waals surface area contributed by atoms with Gasteiger partial charge in [0, 0.05) is 0 Å². The number of hydrogen-bond donors (Lipinski definition) is 1. The number of aliphatic hydroxyl groups is 1. The molecule has 202 valence electrons. The molecule has 0 heterocycles. The van der Waals surface area contributed by atoms with Crippen molar-refractivity contribution >= 4 is 0 Å². The monoisotopic (exact) mass is 520 g/mol. The number of ether oxygens (including phenoxy) is 2. The molecule has 4 aromatic carbocycles. The van der Waals surface area contributed by atoms with E-state index < -0.39 is 5.41 Å². The van der Waals surface area contributed by atoms with Crippen LogP contribution in [-0.2, 0) is 12.0 Å². The quantitative estimate of drug-likeness (QED) is 0.190. The Labute approximate surface area is 233 Å². The molecule has 1 N–H and O–H groups in total. The standard InChI is InChI=1S/C36H40O3/c1-5-25(3)23-38-30-16-12-28(13-17-30)36(29-14-18-31(19-15-29)39-24-26(4)6-2)34-10-8-7-9-32(34)33-20-11-27(22-37)21-35(33)36/h7-21,25-26,37H,5-6,22-24H2,1-4H3. The molecule has 1 aliphatic carbocycles. The predicted octanol–water partition coefficient (Wildman–Crippen LogP) is 8.39. The lowest BCUT2D eigenvalue weighted by Gasteiger charge is -2.34. The van der Waals surface area contributed by atoms with E-state index in [1.165, 1.54) is 33.4 Å². The zero-order chi connectivity index (χ0) is 27.4. The van der Waals surface area contributed by atoms with Gasteiger partial charge in [-0.25, -0.2) is 0 Å². The first-order chi connectivity index (χ1) is 19.0. The van der Waals surface area contributed by atoms with Crippen LogP contribution in [-0.4, -0.2) is 18.3 Å². The Morgan fingerprint density at radius 3 is 1.67 bits per heavy atom. The maximum absolute atomic E-state index is 10.1. The summed E-state index contributed by atoms with van der Waals surface area (Å²) in [6.07, 6.45) is 2.19. The Bertz CT molecular complexity index is 1330. The number of aliphatic hydroxyl groups excluding tert-OH is 1. The second kappa shape index (κ2) is 11.7. The molecule has 0 bridgehead atoms. The molecule has 2 unspecified atom stereocenters. The van der Waals surface area contributed by atoms with E-state index in [0.717, 1.165) is 29.9 Å². The van der Waals surface area contributed by atoms with Crippen molar-refractivity contribution in [1.29, 1.82) is 0 Å². The van der Waals surface area contributed by atoms with Gasteiger partial charge in [-0.2, -0.15) is 0 Å². The first-order valence-corrected chi connectivity index (χ1v) is 14.3. The predicted molar refractivity (Wildman–Crippen MR) is 160 cm³/mol. The smallest absolute Gasteiger partial charge is 0.119 e. The van der Waals surface area contributed by atoms with E-state index in [1.807, 2.05) is 6.07 Å². The Morgan fingerprint density at radius 1 is 0.641 bits per heavy atom. The van der Waals surface area contributed by atoms with E-state index in [9.17, 15) is 5.11 Å². The van der Waals surface area contributed by atoms with E-state index >= 15 is 0 Å². The maximum Gasteiger partial charge on any atom is 0.119 e. The highest BCUT2D eigenvalue weighted by Crippen LogP contribution is 2.56. The molecule has 0 spiro atoms. The molecule has 0 aromatic heterocycles. The van der Waals surface area contributed by atoms with Crippen molar-refractivity contribution in [3.05, 3.63) is 119 Å². The summed E-state index contributed by atoms with van der Waals surface area (Å²) < 4.78 is 12.2. The molecule has 3 nitrogen and oxygen atoms in total. The average molecular weight is 521 g/mol. The van der Waals surface area contributed by atoms with E-state index in [2.05, 4.69) is 113 Å². The summed E-state index contributed by atoms with van der Waals surface area (Å²) in [6.45, 7) is 10.2. The molecule has 0 saturated carbocycles. The first-order valence-electron chi connectivity index (χ1n) is 14.3. The number of hydrogen-bond acceptors (Lipinski definition) is 3. The highest BCUT2D eigenvalue weighted by atomic mass is 16.5. The normalized spacial score (nSPS) is 17.3. The van der Waals surface area contributed by atoms with Crippen LogP contribution < -0.4 is 9.47 Å². The summed E-state index contributed by atoms with van der Waals surface area (Å²) in [5.41, 5.74) is 7.60. The van der Waals surface area contributed by atoms with Crippen LogP contribution >= 0.6 is 0 Å². The molecule has 39 heavy (non-hydrogen) atoms. The molecule has 1 aliphatic rings. The van der Waals surface area contributed by atoms with Crippen molar-refractivity contribution in [2.24, 2.45) is 11.8 Å². The molecule has 4 aromatic rings. The molecule has 0 aliphatic heterocycles. The van der Waals surface area contributed by atoms with Crippen molar-refractivity contribution in [3.8, 4) is 22.6 Å². The van der Waals surface area contributed by atoms with Crippen molar-refractivity contribution in [1.82, 2.24) is 0 Å². The maximum atomic E-state index is 10.1. The summed E-state index contributed by atoms with van der Waals surface area (Å²) in [4.78, 5) is 0. The van der Waals surface area contributed by atoms with Crippen LogP contribution in [0.15, 0.2) is 91.0 Å². The Morgan fingerprint density at radius 2 is 1.15 bits per heavy atom. The van der Waals surface area contributed by atoms with Gasteiger partial charge in [-0.05, 0) is 75.0 Å². The summed E-state index contributed by atoms with van der Waals surface area (Å²) in [6, 6.07) is 32.3. The lowest BCUT2D eigenvalue weighted by molar-refractivity contribution is 0.256. The summed E-state index contributed by atoms with van der Waals surface area (Å²) in [7, 11) is 0. The molecule has 0 saturated heterocycles. The Kier molecular flexibility index (Phi) is 8.09. The minimum absolute atomic E-state index is 0.00445. The van der Waals surface area contributed by atoms with Crippen LogP contribution in [0.2, 0.25) is 0 Å². The van der Waals surface area contributed by atoms with Crippen LogP contribution in [0.5, 0.6) is 11.5 Å². The number of rotatable bonds is 11. The second-order valence-corrected chi connectivity index (χ2v) is 11.0. The fourth-order valence-corrected chi connectivity index (χ4v) is 5.53. The van der Waals surface area contributed by atoms with Gasteiger partial charge in [0.25, 0.3) is 0 Å². The topological polar surface area (TPSA) is 38.7 Å². The minimum atomic E-state index is -0.526. The van der Waals surface area contributed by atoms with E-state index in [4.69, 9.17) is 9.47 Å². The third-order valence-corrected chi connectivity index (χ3v) is 8.33. The fourth-order valence-electron chi connectivity index (χ4n) is 5.53. The lowest BCUT2D eigenvalue weighted by Crippen LogP contribution is -2.28. The van der Waals surface area contributed by atoms with Gasteiger partial charge in [-0.15, -0.1) is 0 Å². The molecular formula is C36H40O3. The molecule has 3 heteroatoms. The Hall–Kier alpha value is -3.56. The molecule has 5 rings (SSSR count). The van der Waals surface area contributed by atoms with Crippen LogP contribution in [0.4, 0.5) is 0 Å². The van der Waals surface area contributed by atoms with Gasteiger partial charge >= 0.3 is 0 Å². The van der Waals surface area contributed by atoms with Crippen molar-refractivity contribution < 1.29 is 14.6 Å². The van der Waals surface area contributed by atoms with Crippen LogP contribution in [0, 0.1) is 11.8 Å². The first kappa shape index (κ1) is 27.0. The molecular weight excluding hydrogens is 480 g/mol. The van der Waals surface area contributed by atoms with Crippen molar-refractivity contribution in [2.45, 2.75) is 52.6 Å². The van der Waals surface area contributed by atoms with E-state index in [-0.39, 0.29) is 6.61 Å². The fraction of sp³-hybridized carbons (Fsp3) is 0.333. The number of fused-ring (bicyclic) bond motifs is 3. The average Bonchev–Trinajstić information content (AvgIpc) is 3.29. The van der Waals surface area contributed by atoms with Gasteiger partial charge in [0.05, 0.1) is 25.2 Å². The van der Waals surface area contributed by atoms with Crippen LogP contribution in [0.3, 0.4) is 0 Å². The van der Waals surface area contributed by atoms with Gasteiger partial charge in [0.1, 0.15) is 11.5 Å². The zero-order valence-corrected chi connectivity index (χ0v) is 23.6. The van der Waals surface area contributed by atoms with Crippen LogP contribution in [0.1, 0.15) is 68.4 Å². The van der Waals surface area contributed by atoms with Crippen molar-refractivity contribution in [2.75, 3.05) is 13.2 Å². The highest BCUT2D eigenvalue weighted by molar-refractivity contribution is 5.86. The Balaban J connectivity index is 1.65. The number of benzene rings is 4. The van der Waals surface area contributed by atoms with Gasteiger partial charge in [-0.1, -0.05) is 107 Å². The third-order valence-electron chi connectivity index (χ3n) is 8.33. The third kappa shape index (κ3) is 5.08. The molecule has 0 amide bonds. The summed E-state index contributed by atoms with van der Waals surface area (Å²) in [5, 5.41) is 10.1. The van der Waals surface area contributed by atoms with Gasteiger partial charge in [0.2, 0.25) is 0 Å². The largest absolute Gasteiger partial charge is 0.493 e. The van der Waals surface area contributed by atoms with Crippen molar-refractivity contribution in [3.63, 3.8) is 0 Å². The second-order valence-electron chi connectivity index (χ2n) is 11.0. The van der Waals surface area contributed by atoms with Gasteiger partial charge in [-0.3, -0.25) is 0 Å². The van der Waals surface area contributed by atoms with Crippen LogP contribution in [0.25, 0.3) is 11.1 Å². The molecule has 0 fully saturated rings. The van der Waals surface area contributed by atoms with Gasteiger partial charge in [0.15, 0.2) is 0 Å². The van der Waals surface area contributed by atoms with Gasteiger partial charge < -0.3 is 14.6 Å². The summed E-state index contributed by atoms with van der Waals surface area (Å²) >= 11 is 0.